The molecule has 1 aliphatic rings. The van der Waals surface area contributed by atoms with Crippen molar-refractivity contribution < 1.29 is 9.53 Å². The molecular weight excluding hydrogens is 190 g/mol. The smallest absolute Gasteiger partial charge is 0.183 e. The molecular formula is C12H15NO2. The Morgan fingerprint density at radius 2 is 2.27 bits per heavy atom. The minimum atomic E-state index is -0.0266. The van der Waals surface area contributed by atoms with Gasteiger partial charge in [-0.2, -0.15) is 0 Å². The third kappa shape index (κ3) is 2.02. The van der Waals surface area contributed by atoms with E-state index in [1.54, 1.807) is 7.11 Å². The predicted molar refractivity (Wildman–Crippen MR) is 58.3 cm³/mol. The zero-order valence-electron chi connectivity index (χ0n) is 8.82. The van der Waals surface area contributed by atoms with Crippen LogP contribution in [-0.2, 0) is 0 Å². The number of methoxy groups -OCH3 is 1. The van der Waals surface area contributed by atoms with Crippen LogP contribution < -0.4 is 10.1 Å². The number of rotatable bonds is 3. The maximum Gasteiger partial charge on any atom is 0.183 e. The maximum absolute atomic E-state index is 12.1. The molecule has 0 aromatic heterocycles. The summed E-state index contributed by atoms with van der Waals surface area (Å²) in [4.78, 5) is 12.1. The van der Waals surface area contributed by atoms with E-state index in [1.807, 2.05) is 24.3 Å². The number of hydrogen-bond acceptors (Lipinski definition) is 3. The molecule has 1 aromatic rings. The lowest BCUT2D eigenvalue weighted by Gasteiger charge is -2.11. The van der Waals surface area contributed by atoms with Crippen molar-refractivity contribution in [2.24, 2.45) is 0 Å². The van der Waals surface area contributed by atoms with Crippen LogP contribution in [0.5, 0.6) is 5.75 Å². The van der Waals surface area contributed by atoms with Crippen molar-refractivity contribution >= 4 is 5.78 Å². The van der Waals surface area contributed by atoms with Crippen LogP contribution in [0.15, 0.2) is 24.3 Å². The molecule has 3 nitrogen and oxygen atoms in total. The second kappa shape index (κ2) is 4.45. The molecule has 0 bridgehead atoms. The molecule has 2 rings (SSSR count). The summed E-state index contributed by atoms with van der Waals surface area (Å²) >= 11 is 0. The second-order valence-corrected chi connectivity index (χ2v) is 3.71. The summed E-state index contributed by atoms with van der Waals surface area (Å²) in [6.07, 6.45) is 2.00. The van der Waals surface area contributed by atoms with Crippen molar-refractivity contribution in [3.63, 3.8) is 0 Å². The number of ether oxygens (including phenoxy) is 1. The van der Waals surface area contributed by atoms with E-state index in [0.29, 0.717) is 11.3 Å². The number of Topliss-reactive ketones (excluding diaryl/α,β-unsaturated/α-hetero) is 1. The van der Waals surface area contributed by atoms with Crippen LogP contribution in [0.25, 0.3) is 0 Å². The molecule has 1 heterocycles. The zero-order chi connectivity index (χ0) is 10.7. The first-order valence-corrected chi connectivity index (χ1v) is 5.23. The van der Waals surface area contributed by atoms with Gasteiger partial charge in [-0.3, -0.25) is 4.79 Å². The average molecular weight is 205 g/mol. The SMILES string of the molecule is COc1ccccc1C(=O)C1CCCN1. The van der Waals surface area contributed by atoms with Crippen LogP contribution in [-0.4, -0.2) is 25.5 Å². The van der Waals surface area contributed by atoms with E-state index in [1.165, 1.54) is 0 Å². The minimum Gasteiger partial charge on any atom is -0.496 e. The lowest BCUT2D eigenvalue weighted by atomic mass is 10.0. The highest BCUT2D eigenvalue weighted by Crippen LogP contribution is 2.21. The van der Waals surface area contributed by atoms with Gasteiger partial charge in [-0.25, -0.2) is 0 Å². The molecule has 15 heavy (non-hydrogen) atoms. The van der Waals surface area contributed by atoms with Gasteiger partial charge >= 0.3 is 0 Å². The van der Waals surface area contributed by atoms with Crippen molar-refractivity contribution in [1.82, 2.24) is 5.32 Å². The first-order valence-electron chi connectivity index (χ1n) is 5.23. The van der Waals surface area contributed by atoms with Crippen molar-refractivity contribution in [3.8, 4) is 5.75 Å². The van der Waals surface area contributed by atoms with Gasteiger partial charge in [0.25, 0.3) is 0 Å². The number of ketones is 1. The average Bonchev–Trinajstić information content (AvgIpc) is 2.81. The van der Waals surface area contributed by atoms with Crippen molar-refractivity contribution in [3.05, 3.63) is 29.8 Å². The molecule has 1 fully saturated rings. The Morgan fingerprint density at radius 1 is 1.47 bits per heavy atom. The maximum atomic E-state index is 12.1. The third-order valence-electron chi connectivity index (χ3n) is 2.75. The molecule has 1 atom stereocenters. The van der Waals surface area contributed by atoms with Gasteiger partial charge in [0.05, 0.1) is 18.7 Å². The largest absolute Gasteiger partial charge is 0.496 e. The van der Waals surface area contributed by atoms with Crippen LogP contribution in [0.2, 0.25) is 0 Å². The van der Waals surface area contributed by atoms with Gasteiger partial charge in [0, 0.05) is 0 Å². The summed E-state index contributed by atoms with van der Waals surface area (Å²) in [5.74, 6) is 0.807. The molecule has 1 unspecified atom stereocenters. The van der Waals surface area contributed by atoms with Crippen LogP contribution >= 0.6 is 0 Å². The van der Waals surface area contributed by atoms with Gasteiger partial charge in [-0.1, -0.05) is 12.1 Å². The Hall–Kier alpha value is -1.35. The van der Waals surface area contributed by atoms with Gasteiger partial charge in [0.15, 0.2) is 5.78 Å². The Balaban J connectivity index is 2.24. The molecule has 0 saturated carbocycles. The standard InChI is InChI=1S/C12H15NO2/c1-15-11-7-3-2-5-9(11)12(14)10-6-4-8-13-10/h2-3,5,7,10,13H,4,6,8H2,1H3. The molecule has 1 aromatic carbocycles. The second-order valence-electron chi connectivity index (χ2n) is 3.71. The van der Waals surface area contributed by atoms with Crippen molar-refractivity contribution in [2.75, 3.05) is 13.7 Å². The van der Waals surface area contributed by atoms with E-state index in [0.717, 1.165) is 19.4 Å². The zero-order valence-corrected chi connectivity index (χ0v) is 8.82. The van der Waals surface area contributed by atoms with Gasteiger partial charge < -0.3 is 10.1 Å². The number of benzene rings is 1. The summed E-state index contributed by atoms with van der Waals surface area (Å²) < 4.78 is 5.18. The Labute approximate surface area is 89.4 Å². The quantitative estimate of drug-likeness (QED) is 0.762. The Bertz CT molecular complexity index is 356. The summed E-state index contributed by atoms with van der Waals surface area (Å²) in [5.41, 5.74) is 0.680. The van der Waals surface area contributed by atoms with Crippen molar-refractivity contribution in [1.29, 1.82) is 0 Å². The summed E-state index contributed by atoms with van der Waals surface area (Å²) in [6, 6.07) is 7.35. The first kappa shape index (κ1) is 10.2. The van der Waals surface area contributed by atoms with Crippen LogP contribution in [0.3, 0.4) is 0 Å². The van der Waals surface area contributed by atoms with E-state index in [2.05, 4.69) is 5.32 Å². The van der Waals surface area contributed by atoms with Gasteiger partial charge in [0.2, 0.25) is 0 Å². The topological polar surface area (TPSA) is 38.3 Å². The number of nitrogens with one attached hydrogen (secondary N) is 1. The van der Waals surface area contributed by atoms with Gasteiger partial charge in [-0.05, 0) is 31.5 Å². The number of hydrogen-bond donors (Lipinski definition) is 1. The van der Waals surface area contributed by atoms with E-state index >= 15 is 0 Å². The molecule has 1 saturated heterocycles. The highest BCUT2D eigenvalue weighted by atomic mass is 16.5. The number of carbonyl (C=O) groups is 1. The molecule has 0 aliphatic carbocycles. The van der Waals surface area contributed by atoms with E-state index in [9.17, 15) is 4.79 Å². The summed E-state index contributed by atoms with van der Waals surface area (Å²) in [6.45, 7) is 0.936. The van der Waals surface area contributed by atoms with E-state index < -0.39 is 0 Å². The van der Waals surface area contributed by atoms with Gasteiger partial charge in [0.1, 0.15) is 5.75 Å². The molecule has 0 spiro atoms. The minimum absolute atomic E-state index is 0.0266. The Morgan fingerprint density at radius 3 is 2.93 bits per heavy atom. The molecule has 1 aliphatic heterocycles. The van der Waals surface area contributed by atoms with E-state index in [-0.39, 0.29) is 11.8 Å². The summed E-state index contributed by atoms with van der Waals surface area (Å²) in [7, 11) is 1.59. The third-order valence-corrected chi connectivity index (χ3v) is 2.75. The molecule has 0 radical (unpaired) electrons. The predicted octanol–water partition coefficient (Wildman–Crippen LogP) is 1.63. The Kier molecular flexibility index (Phi) is 3.02. The van der Waals surface area contributed by atoms with E-state index in [4.69, 9.17) is 4.74 Å². The lowest BCUT2D eigenvalue weighted by molar-refractivity contribution is 0.0949. The fourth-order valence-electron chi connectivity index (χ4n) is 1.94. The van der Waals surface area contributed by atoms with Crippen molar-refractivity contribution in [2.45, 2.75) is 18.9 Å². The molecule has 80 valence electrons. The molecule has 0 amide bonds. The van der Waals surface area contributed by atoms with Crippen LogP contribution in [0, 0.1) is 0 Å². The first-order chi connectivity index (χ1) is 7.33. The van der Waals surface area contributed by atoms with Crippen LogP contribution in [0.4, 0.5) is 0 Å². The molecule has 1 N–H and O–H groups in total. The highest BCUT2D eigenvalue weighted by molar-refractivity contribution is 6.02. The fourth-order valence-corrected chi connectivity index (χ4v) is 1.94. The number of para-hydroxylation sites is 1. The van der Waals surface area contributed by atoms with Crippen LogP contribution in [0.1, 0.15) is 23.2 Å². The summed E-state index contributed by atoms with van der Waals surface area (Å²) in [5, 5.41) is 3.20. The molecule has 3 heteroatoms. The number of carbonyl (C=O) groups excluding carboxylic acids is 1. The fraction of sp³-hybridized carbons (Fsp3) is 0.417. The lowest BCUT2D eigenvalue weighted by Crippen LogP contribution is -2.30. The normalized spacial score (nSPS) is 20.2. The monoisotopic (exact) mass is 205 g/mol. The van der Waals surface area contributed by atoms with Gasteiger partial charge in [-0.15, -0.1) is 0 Å². The highest BCUT2D eigenvalue weighted by Gasteiger charge is 2.24.